The highest BCUT2D eigenvalue weighted by Crippen LogP contribution is 2.50. The number of benzene rings is 1. The van der Waals surface area contributed by atoms with Crippen LogP contribution in [0.3, 0.4) is 0 Å². The molecule has 1 aromatic carbocycles. The number of halogens is 7. The molecule has 0 saturated carbocycles. The summed E-state index contributed by atoms with van der Waals surface area (Å²) in [4.78, 5) is -0.144. The van der Waals surface area contributed by atoms with Crippen molar-refractivity contribution in [1.29, 1.82) is 0 Å². The normalized spacial score (nSPS) is 14.3. The lowest BCUT2D eigenvalue weighted by atomic mass is 9.92. The van der Waals surface area contributed by atoms with E-state index in [9.17, 15) is 35.8 Å². The zero-order chi connectivity index (χ0) is 17.6. The van der Waals surface area contributed by atoms with Crippen molar-refractivity contribution in [2.24, 2.45) is 0 Å². The van der Waals surface area contributed by atoms with Crippen molar-refractivity contribution in [2.45, 2.75) is 48.4 Å². The van der Waals surface area contributed by atoms with Crippen molar-refractivity contribution < 1.29 is 35.8 Å². The van der Waals surface area contributed by atoms with Gasteiger partial charge in [-0.2, -0.15) is 26.3 Å². The molecule has 0 spiro atoms. The average molecular weight is 350 g/mol. The van der Waals surface area contributed by atoms with Gasteiger partial charge in [-0.25, -0.2) is 4.39 Å². The van der Waals surface area contributed by atoms with Gasteiger partial charge in [0.1, 0.15) is 5.82 Å². The van der Waals surface area contributed by atoms with Gasteiger partial charge in [-0.05, 0) is 18.2 Å². The van der Waals surface area contributed by atoms with E-state index >= 15 is 0 Å². The first-order chi connectivity index (χ1) is 9.58. The summed E-state index contributed by atoms with van der Waals surface area (Å²) in [5.74, 6) is -1.30. The van der Waals surface area contributed by atoms with Gasteiger partial charge >= 0.3 is 12.4 Å². The Morgan fingerprint density at radius 1 is 0.864 bits per heavy atom. The van der Waals surface area contributed by atoms with E-state index < -0.39 is 34.1 Å². The molecule has 0 bridgehead atoms. The van der Waals surface area contributed by atoms with Gasteiger partial charge in [0.15, 0.2) is 0 Å². The molecule has 9 heteroatoms. The summed E-state index contributed by atoms with van der Waals surface area (Å²) in [6, 6.07) is 1.35. The first kappa shape index (κ1) is 19.1. The van der Waals surface area contributed by atoms with E-state index in [0.717, 1.165) is 17.8 Å². The zero-order valence-corrected chi connectivity index (χ0v) is 12.5. The standard InChI is InChI=1S/C13H13F7OS/c1-10(2,3)22-9-5-7(4-8(14)6-9)11(21,12(15,16)17)13(18,19)20/h4-6,21H,1-3H3. The quantitative estimate of drug-likeness (QED) is 0.596. The van der Waals surface area contributed by atoms with Crippen LogP contribution in [-0.2, 0) is 5.60 Å². The molecule has 0 fully saturated rings. The maximum absolute atomic E-state index is 13.5. The van der Waals surface area contributed by atoms with E-state index in [2.05, 4.69) is 0 Å². The fourth-order valence-corrected chi connectivity index (χ4v) is 2.74. The number of thioether (sulfide) groups is 1. The Morgan fingerprint density at radius 2 is 1.32 bits per heavy atom. The Bertz CT molecular complexity index is 529. The van der Waals surface area contributed by atoms with E-state index in [1.165, 1.54) is 0 Å². The number of rotatable bonds is 2. The van der Waals surface area contributed by atoms with Gasteiger partial charge in [0.2, 0.25) is 0 Å². The van der Waals surface area contributed by atoms with Crippen LogP contribution in [0.15, 0.2) is 23.1 Å². The second-order valence-electron chi connectivity index (χ2n) is 5.60. The van der Waals surface area contributed by atoms with E-state index in [0.29, 0.717) is 6.07 Å². The molecule has 0 amide bonds. The smallest absolute Gasteiger partial charge is 0.369 e. The predicted octanol–water partition coefficient (Wildman–Crippen LogP) is 5.03. The lowest BCUT2D eigenvalue weighted by Crippen LogP contribution is -2.54. The van der Waals surface area contributed by atoms with Crippen LogP contribution in [0.2, 0.25) is 0 Å². The first-order valence-corrected chi connectivity index (χ1v) is 6.75. The molecule has 126 valence electrons. The van der Waals surface area contributed by atoms with Crippen LogP contribution in [0.5, 0.6) is 0 Å². The highest BCUT2D eigenvalue weighted by atomic mass is 32.2. The highest BCUT2D eigenvalue weighted by molar-refractivity contribution is 8.00. The minimum atomic E-state index is -6.04. The maximum Gasteiger partial charge on any atom is 0.430 e. The molecule has 1 rings (SSSR count). The summed E-state index contributed by atoms with van der Waals surface area (Å²) in [5, 5.41) is 9.28. The molecule has 0 radical (unpaired) electrons. The molecular weight excluding hydrogens is 337 g/mol. The molecule has 0 aliphatic rings. The SMILES string of the molecule is CC(C)(C)Sc1cc(F)cc(C(O)(C(F)(F)F)C(F)(F)F)c1. The summed E-state index contributed by atoms with van der Waals surface area (Å²) in [5.41, 5.74) is -6.73. The van der Waals surface area contributed by atoms with Gasteiger partial charge in [-0.1, -0.05) is 20.8 Å². The van der Waals surface area contributed by atoms with Crippen molar-refractivity contribution in [3.8, 4) is 0 Å². The Labute approximate surface area is 126 Å². The summed E-state index contributed by atoms with van der Waals surface area (Å²) in [6.45, 7) is 4.96. The highest BCUT2D eigenvalue weighted by Gasteiger charge is 2.71. The topological polar surface area (TPSA) is 20.2 Å². The van der Waals surface area contributed by atoms with Crippen LogP contribution in [0.1, 0.15) is 26.3 Å². The lowest BCUT2D eigenvalue weighted by Gasteiger charge is -2.33. The largest absolute Gasteiger partial charge is 0.430 e. The van der Waals surface area contributed by atoms with Crippen molar-refractivity contribution >= 4 is 11.8 Å². The van der Waals surface area contributed by atoms with Crippen molar-refractivity contribution in [3.05, 3.63) is 29.6 Å². The number of hydrogen-bond donors (Lipinski definition) is 1. The summed E-state index contributed by atoms with van der Waals surface area (Å²) >= 11 is 0.881. The third-order valence-electron chi connectivity index (χ3n) is 2.53. The van der Waals surface area contributed by atoms with Crippen molar-refractivity contribution in [2.75, 3.05) is 0 Å². The van der Waals surface area contributed by atoms with E-state index in [4.69, 9.17) is 0 Å². The van der Waals surface area contributed by atoms with Crippen molar-refractivity contribution in [1.82, 2.24) is 0 Å². The molecule has 0 aliphatic carbocycles. The molecule has 0 atom stereocenters. The second-order valence-corrected chi connectivity index (χ2v) is 7.50. The van der Waals surface area contributed by atoms with Crippen LogP contribution in [0.4, 0.5) is 30.7 Å². The third kappa shape index (κ3) is 3.87. The zero-order valence-electron chi connectivity index (χ0n) is 11.7. The summed E-state index contributed by atoms with van der Waals surface area (Å²) in [6.07, 6.45) is -12.1. The molecule has 0 unspecified atom stereocenters. The average Bonchev–Trinajstić information content (AvgIpc) is 2.21. The van der Waals surface area contributed by atoms with Gasteiger partial charge in [-0.3, -0.25) is 0 Å². The van der Waals surface area contributed by atoms with Crippen LogP contribution >= 0.6 is 11.8 Å². The van der Waals surface area contributed by atoms with Gasteiger partial charge in [-0.15, -0.1) is 11.8 Å². The number of aliphatic hydroxyl groups is 1. The first-order valence-electron chi connectivity index (χ1n) is 5.94. The molecule has 1 N–H and O–H groups in total. The molecular formula is C13H13F7OS. The van der Waals surface area contributed by atoms with E-state index in [1.54, 1.807) is 20.8 Å². The van der Waals surface area contributed by atoms with Crippen molar-refractivity contribution in [3.63, 3.8) is 0 Å². The minimum absolute atomic E-state index is 0.0354. The Kier molecular flexibility index (Phi) is 4.85. The summed E-state index contributed by atoms with van der Waals surface area (Å²) in [7, 11) is 0. The maximum atomic E-state index is 13.5. The van der Waals surface area contributed by atoms with Crippen LogP contribution in [0, 0.1) is 5.82 Å². The molecule has 1 nitrogen and oxygen atoms in total. The monoisotopic (exact) mass is 350 g/mol. The predicted molar refractivity (Wildman–Crippen MR) is 68.0 cm³/mol. The molecule has 22 heavy (non-hydrogen) atoms. The molecule has 1 aromatic rings. The Morgan fingerprint density at radius 3 is 1.68 bits per heavy atom. The Hall–Kier alpha value is -0.960. The van der Waals surface area contributed by atoms with Gasteiger partial charge in [0.25, 0.3) is 5.60 Å². The van der Waals surface area contributed by atoms with Gasteiger partial charge in [0.05, 0.1) is 0 Å². The Balaban J connectivity index is 3.52. The molecule has 0 heterocycles. The fourth-order valence-electron chi connectivity index (χ4n) is 1.67. The van der Waals surface area contributed by atoms with Crippen LogP contribution in [-0.4, -0.2) is 22.2 Å². The van der Waals surface area contributed by atoms with Crippen LogP contribution < -0.4 is 0 Å². The third-order valence-corrected chi connectivity index (χ3v) is 3.62. The van der Waals surface area contributed by atoms with Gasteiger partial charge in [0, 0.05) is 15.2 Å². The number of hydrogen-bond acceptors (Lipinski definition) is 2. The molecule has 0 aliphatic heterocycles. The van der Waals surface area contributed by atoms with Gasteiger partial charge < -0.3 is 5.11 Å². The summed E-state index contributed by atoms with van der Waals surface area (Å²) < 4.78 is 89.6. The van der Waals surface area contributed by atoms with Crippen LogP contribution in [0.25, 0.3) is 0 Å². The lowest BCUT2D eigenvalue weighted by molar-refractivity contribution is -0.376. The molecule has 0 saturated heterocycles. The molecule has 0 aromatic heterocycles. The minimum Gasteiger partial charge on any atom is -0.369 e. The number of alkyl halides is 6. The second kappa shape index (κ2) is 5.59. The van der Waals surface area contributed by atoms with E-state index in [1.807, 2.05) is 0 Å². The van der Waals surface area contributed by atoms with E-state index in [-0.39, 0.29) is 11.0 Å². The fraction of sp³-hybridized carbons (Fsp3) is 0.538.